The van der Waals surface area contributed by atoms with E-state index in [1.165, 1.54) is 0 Å². The van der Waals surface area contributed by atoms with Gasteiger partial charge in [-0.25, -0.2) is 9.78 Å². The SMILES string of the molecule is O=C(Nc1cnc[nH]1)N1CCCC1. The number of amides is 2. The number of carbonyl (C=O) groups is 1. The fraction of sp³-hybridized carbons (Fsp3) is 0.500. The molecule has 1 aliphatic heterocycles. The Morgan fingerprint density at radius 3 is 2.92 bits per heavy atom. The third-order valence-corrected chi connectivity index (χ3v) is 2.13. The number of imidazole rings is 1. The van der Waals surface area contributed by atoms with Crippen LogP contribution in [0.3, 0.4) is 0 Å². The molecule has 2 amide bonds. The molecule has 70 valence electrons. The van der Waals surface area contributed by atoms with Crippen LogP contribution in [-0.2, 0) is 0 Å². The predicted octanol–water partition coefficient (Wildman–Crippen LogP) is 1.04. The zero-order valence-corrected chi connectivity index (χ0v) is 7.29. The van der Waals surface area contributed by atoms with Gasteiger partial charge in [-0.15, -0.1) is 0 Å². The van der Waals surface area contributed by atoms with E-state index >= 15 is 0 Å². The molecule has 0 atom stereocenters. The highest BCUT2D eigenvalue weighted by molar-refractivity contribution is 5.88. The molecule has 2 N–H and O–H groups in total. The summed E-state index contributed by atoms with van der Waals surface area (Å²) in [7, 11) is 0. The van der Waals surface area contributed by atoms with E-state index in [0.717, 1.165) is 25.9 Å². The minimum Gasteiger partial charge on any atom is -0.331 e. The van der Waals surface area contributed by atoms with Crippen molar-refractivity contribution in [3.8, 4) is 0 Å². The maximum Gasteiger partial charge on any atom is 0.322 e. The predicted molar refractivity (Wildman–Crippen MR) is 48.4 cm³/mol. The number of urea groups is 1. The molecule has 5 nitrogen and oxygen atoms in total. The highest BCUT2D eigenvalue weighted by atomic mass is 16.2. The summed E-state index contributed by atoms with van der Waals surface area (Å²) < 4.78 is 0. The van der Waals surface area contributed by atoms with E-state index in [2.05, 4.69) is 15.3 Å². The molecule has 0 radical (unpaired) electrons. The Balaban J connectivity index is 1.91. The molecule has 0 aliphatic carbocycles. The lowest BCUT2D eigenvalue weighted by Gasteiger charge is -2.14. The largest absolute Gasteiger partial charge is 0.331 e. The van der Waals surface area contributed by atoms with Gasteiger partial charge in [0, 0.05) is 13.1 Å². The van der Waals surface area contributed by atoms with Crippen LogP contribution in [-0.4, -0.2) is 34.0 Å². The number of H-pyrrole nitrogens is 1. The number of likely N-dealkylation sites (tertiary alicyclic amines) is 1. The van der Waals surface area contributed by atoms with Gasteiger partial charge in [-0.2, -0.15) is 0 Å². The number of hydrogen-bond acceptors (Lipinski definition) is 2. The zero-order valence-electron chi connectivity index (χ0n) is 7.29. The van der Waals surface area contributed by atoms with E-state index in [1.807, 2.05) is 0 Å². The molecule has 2 rings (SSSR count). The van der Waals surface area contributed by atoms with Crippen LogP contribution in [0.5, 0.6) is 0 Å². The van der Waals surface area contributed by atoms with Crippen LogP contribution in [0.25, 0.3) is 0 Å². The van der Waals surface area contributed by atoms with Crippen LogP contribution in [0.15, 0.2) is 12.5 Å². The Labute approximate surface area is 76.2 Å². The molecule has 0 unspecified atom stereocenters. The van der Waals surface area contributed by atoms with E-state index in [1.54, 1.807) is 17.4 Å². The van der Waals surface area contributed by atoms with Crippen molar-refractivity contribution in [1.29, 1.82) is 0 Å². The van der Waals surface area contributed by atoms with Gasteiger partial charge in [-0.1, -0.05) is 0 Å². The second-order valence-electron chi connectivity index (χ2n) is 3.09. The number of carbonyl (C=O) groups excluding carboxylic acids is 1. The molecular formula is C8H12N4O. The zero-order chi connectivity index (χ0) is 9.10. The number of aromatic amines is 1. The van der Waals surface area contributed by atoms with Gasteiger partial charge in [-0.05, 0) is 12.8 Å². The van der Waals surface area contributed by atoms with E-state index in [4.69, 9.17) is 0 Å². The lowest BCUT2D eigenvalue weighted by atomic mass is 10.4. The topological polar surface area (TPSA) is 61.0 Å². The summed E-state index contributed by atoms with van der Waals surface area (Å²) in [5.41, 5.74) is 0. The Kier molecular flexibility index (Phi) is 2.16. The van der Waals surface area contributed by atoms with Gasteiger partial charge in [0.25, 0.3) is 0 Å². The number of rotatable bonds is 1. The van der Waals surface area contributed by atoms with Crippen LogP contribution in [0.1, 0.15) is 12.8 Å². The van der Waals surface area contributed by atoms with Crippen LogP contribution < -0.4 is 5.32 Å². The molecule has 1 saturated heterocycles. The van der Waals surface area contributed by atoms with Gasteiger partial charge < -0.3 is 9.88 Å². The van der Waals surface area contributed by atoms with Crippen LogP contribution >= 0.6 is 0 Å². The maximum atomic E-state index is 11.5. The Bertz CT molecular complexity index is 276. The fourth-order valence-electron chi connectivity index (χ4n) is 1.44. The summed E-state index contributed by atoms with van der Waals surface area (Å²) in [4.78, 5) is 19.9. The summed E-state index contributed by atoms with van der Waals surface area (Å²) >= 11 is 0. The van der Waals surface area contributed by atoms with E-state index < -0.39 is 0 Å². The van der Waals surface area contributed by atoms with Crippen LogP contribution in [0.4, 0.5) is 10.6 Å². The molecular weight excluding hydrogens is 168 g/mol. The van der Waals surface area contributed by atoms with Crippen molar-refractivity contribution in [3.63, 3.8) is 0 Å². The minimum atomic E-state index is -0.0400. The number of aromatic nitrogens is 2. The average molecular weight is 180 g/mol. The lowest BCUT2D eigenvalue weighted by Crippen LogP contribution is -2.32. The van der Waals surface area contributed by atoms with Gasteiger partial charge in [-0.3, -0.25) is 5.32 Å². The third kappa shape index (κ3) is 1.80. The summed E-state index contributed by atoms with van der Waals surface area (Å²) in [6.07, 6.45) is 5.35. The van der Waals surface area contributed by atoms with Crippen molar-refractivity contribution < 1.29 is 4.79 Å². The molecule has 1 aromatic heterocycles. The van der Waals surface area contributed by atoms with Crippen molar-refractivity contribution in [2.45, 2.75) is 12.8 Å². The summed E-state index contributed by atoms with van der Waals surface area (Å²) in [5.74, 6) is 0.650. The fourth-order valence-corrected chi connectivity index (χ4v) is 1.44. The van der Waals surface area contributed by atoms with E-state index in [-0.39, 0.29) is 6.03 Å². The molecule has 5 heteroatoms. The van der Waals surface area contributed by atoms with Crippen molar-refractivity contribution in [2.75, 3.05) is 18.4 Å². The van der Waals surface area contributed by atoms with Gasteiger partial charge in [0.15, 0.2) is 0 Å². The first kappa shape index (κ1) is 8.10. The third-order valence-electron chi connectivity index (χ3n) is 2.13. The summed E-state index contributed by atoms with van der Waals surface area (Å²) in [6, 6.07) is -0.0400. The first-order valence-corrected chi connectivity index (χ1v) is 4.40. The molecule has 1 fully saturated rings. The minimum absolute atomic E-state index is 0.0400. The smallest absolute Gasteiger partial charge is 0.322 e. The second kappa shape index (κ2) is 3.47. The van der Waals surface area contributed by atoms with Gasteiger partial charge in [0.2, 0.25) is 0 Å². The first-order chi connectivity index (χ1) is 6.36. The van der Waals surface area contributed by atoms with Gasteiger partial charge in [0.1, 0.15) is 5.82 Å². The molecule has 0 spiro atoms. The van der Waals surface area contributed by atoms with Crippen LogP contribution in [0.2, 0.25) is 0 Å². The van der Waals surface area contributed by atoms with E-state index in [0.29, 0.717) is 5.82 Å². The van der Waals surface area contributed by atoms with Gasteiger partial charge >= 0.3 is 6.03 Å². The normalized spacial score (nSPS) is 16.2. The monoisotopic (exact) mass is 180 g/mol. The van der Waals surface area contributed by atoms with Gasteiger partial charge in [0.05, 0.1) is 12.5 Å². The second-order valence-corrected chi connectivity index (χ2v) is 3.09. The number of nitrogens with one attached hydrogen (secondary N) is 2. The number of anilines is 1. The number of nitrogens with zero attached hydrogens (tertiary/aromatic N) is 2. The molecule has 2 heterocycles. The molecule has 0 aromatic carbocycles. The Morgan fingerprint density at radius 2 is 2.31 bits per heavy atom. The quantitative estimate of drug-likeness (QED) is 0.678. The summed E-state index contributed by atoms with van der Waals surface area (Å²) in [5, 5.41) is 2.73. The van der Waals surface area contributed by atoms with Crippen molar-refractivity contribution in [1.82, 2.24) is 14.9 Å². The standard InChI is InChI=1S/C8H12N4O/c13-8(12-3-1-2-4-12)11-7-5-9-6-10-7/h5-6H,1-4H2,(H,9,10)(H,11,13). The van der Waals surface area contributed by atoms with Crippen LogP contribution in [0, 0.1) is 0 Å². The maximum absolute atomic E-state index is 11.5. The number of hydrogen-bond donors (Lipinski definition) is 2. The van der Waals surface area contributed by atoms with Crippen molar-refractivity contribution in [2.24, 2.45) is 0 Å². The average Bonchev–Trinajstić information content (AvgIpc) is 2.74. The molecule has 13 heavy (non-hydrogen) atoms. The highest BCUT2D eigenvalue weighted by Crippen LogP contribution is 2.09. The van der Waals surface area contributed by atoms with Crippen molar-refractivity contribution in [3.05, 3.63) is 12.5 Å². The lowest BCUT2D eigenvalue weighted by molar-refractivity contribution is 0.222. The highest BCUT2D eigenvalue weighted by Gasteiger charge is 2.17. The van der Waals surface area contributed by atoms with Crippen molar-refractivity contribution >= 4 is 11.8 Å². The Hall–Kier alpha value is -1.52. The van der Waals surface area contributed by atoms with E-state index in [9.17, 15) is 4.79 Å². The summed E-state index contributed by atoms with van der Waals surface area (Å²) in [6.45, 7) is 1.72. The molecule has 0 saturated carbocycles. The molecule has 1 aromatic rings. The Morgan fingerprint density at radius 1 is 1.54 bits per heavy atom. The molecule has 1 aliphatic rings. The first-order valence-electron chi connectivity index (χ1n) is 4.40. The molecule has 0 bridgehead atoms.